The molecule has 0 saturated carbocycles. The summed E-state index contributed by atoms with van der Waals surface area (Å²) < 4.78 is 16.6. The van der Waals surface area contributed by atoms with E-state index in [4.69, 9.17) is 14.2 Å². The summed E-state index contributed by atoms with van der Waals surface area (Å²) in [4.78, 5) is 29.9. The molecule has 0 unspecified atom stereocenters. The van der Waals surface area contributed by atoms with E-state index in [1.165, 1.54) is 0 Å². The zero-order valence-corrected chi connectivity index (χ0v) is 20.5. The second kappa shape index (κ2) is 10.1. The van der Waals surface area contributed by atoms with Gasteiger partial charge >= 0.3 is 0 Å². The van der Waals surface area contributed by atoms with Gasteiger partial charge in [-0.15, -0.1) is 0 Å². The topological polar surface area (TPSA) is 105 Å². The third kappa shape index (κ3) is 4.76. The van der Waals surface area contributed by atoms with Crippen molar-refractivity contribution in [2.75, 3.05) is 58.9 Å². The molecule has 0 atom stereocenters. The zero-order valence-electron chi connectivity index (χ0n) is 20.5. The number of carbonyl (C=O) groups excluding carboxylic acids is 1. The van der Waals surface area contributed by atoms with Gasteiger partial charge in [-0.05, 0) is 31.4 Å². The third-order valence-electron chi connectivity index (χ3n) is 6.90. The van der Waals surface area contributed by atoms with E-state index in [0.717, 1.165) is 68.8 Å². The monoisotopic (exact) mass is 480 g/mol. The van der Waals surface area contributed by atoms with Crippen molar-refractivity contribution in [1.82, 2.24) is 24.8 Å². The maximum atomic E-state index is 13.2. The number of carbonyl (C=O) groups is 1. The first kappa shape index (κ1) is 23.4. The highest BCUT2D eigenvalue weighted by atomic mass is 16.5. The van der Waals surface area contributed by atoms with Crippen LogP contribution >= 0.6 is 0 Å². The van der Waals surface area contributed by atoms with Crippen molar-refractivity contribution in [2.45, 2.75) is 25.8 Å². The molecule has 186 valence electrons. The second-order valence-electron chi connectivity index (χ2n) is 8.98. The van der Waals surface area contributed by atoms with Gasteiger partial charge in [0.25, 0.3) is 5.91 Å². The Bertz CT molecular complexity index is 1200. The Morgan fingerprint density at radius 3 is 2.57 bits per heavy atom. The lowest BCUT2D eigenvalue weighted by Gasteiger charge is -2.40. The molecule has 0 radical (unpaired) electrons. The summed E-state index contributed by atoms with van der Waals surface area (Å²) in [5.74, 6) is 2.20. The molecule has 2 aliphatic heterocycles. The van der Waals surface area contributed by atoms with E-state index in [1.807, 2.05) is 24.1 Å². The first-order valence-electron chi connectivity index (χ1n) is 12.0. The number of methoxy groups -OCH3 is 2. The number of nitrogens with one attached hydrogen (secondary N) is 2. The fraction of sp³-hybridized carbons (Fsp3) is 0.480. The van der Waals surface area contributed by atoms with E-state index in [9.17, 15) is 4.79 Å². The van der Waals surface area contributed by atoms with Crippen LogP contribution in [0.5, 0.6) is 11.5 Å². The van der Waals surface area contributed by atoms with Crippen molar-refractivity contribution in [3.63, 3.8) is 0 Å². The number of likely N-dealkylation sites (tertiary alicyclic amines) is 1. The Morgan fingerprint density at radius 1 is 1.11 bits per heavy atom. The van der Waals surface area contributed by atoms with Gasteiger partial charge in [-0.1, -0.05) is 0 Å². The first-order chi connectivity index (χ1) is 17.1. The van der Waals surface area contributed by atoms with Crippen LogP contribution < -0.4 is 14.8 Å². The molecule has 0 aromatic carbocycles. The first-order valence-corrected chi connectivity index (χ1v) is 12.0. The molecule has 3 aromatic rings. The molecule has 0 spiro atoms. The van der Waals surface area contributed by atoms with E-state index < -0.39 is 0 Å². The normalized spacial score (nSPS) is 17.5. The summed E-state index contributed by atoms with van der Waals surface area (Å²) in [6.45, 7) is 7.03. The minimum atomic E-state index is -0.0224. The van der Waals surface area contributed by atoms with Crippen molar-refractivity contribution < 1.29 is 19.0 Å². The van der Waals surface area contributed by atoms with E-state index in [1.54, 1.807) is 26.5 Å². The van der Waals surface area contributed by atoms with E-state index in [0.29, 0.717) is 34.7 Å². The molecule has 0 aliphatic carbocycles. The Labute approximate surface area is 204 Å². The summed E-state index contributed by atoms with van der Waals surface area (Å²) in [6.07, 6.45) is 5.44. The van der Waals surface area contributed by atoms with Gasteiger partial charge in [-0.3, -0.25) is 9.69 Å². The Balaban J connectivity index is 1.29. The second-order valence-corrected chi connectivity index (χ2v) is 8.98. The van der Waals surface area contributed by atoms with Crippen LogP contribution in [0, 0.1) is 6.92 Å². The number of H-pyrrole nitrogens is 1. The highest BCUT2D eigenvalue weighted by Crippen LogP contribution is 2.32. The average molecular weight is 481 g/mol. The predicted molar refractivity (Wildman–Crippen MR) is 133 cm³/mol. The fourth-order valence-corrected chi connectivity index (χ4v) is 4.97. The number of morpholine rings is 1. The molecule has 2 saturated heterocycles. The fourth-order valence-electron chi connectivity index (χ4n) is 4.97. The molecular formula is C25H32N6O4. The smallest absolute Gasteiger partial charge is 0.255 e. The van der Waals surface area contributed by atoms with E-state index in [2.05, 4.69) is 25.2 Å². The summed E-state index contributed by atoms with van der Waals surface area (Å²) in [7, 11) is 3.20. The quantitative estimate of drug-likeness (QED) is 0.555. The lowest BCUT2D eigenvalue weighted by Crippen LogP contribution is -2.50. The maximum Gasteiger partial charge on any atom is 0.255 e. The Morgan fingerprint density at radius 2 is 1.86 bits per heavy atom. The average Bonchev–Trinajstić information content (AvgIpc) is 3.29. The maximum absolute atomic E-state index is 13.2. The number of ether oxygens (including phenoxy) is 3. The van der Waals surface area contributed by atoms with Gasteiger partial charge in [0.1, 0.15) is 17.2 Å². The van der Waals surface area contributed by atoms with Crippen molar-refractivity contribution in [3.05, 3.63) is 35.7 Å². The van der Waals surface area contributed by atoms with Gasteiger partial charge in [0.15, 0.2) is 11.6 Å². The van der Waals surface area contributed by atoms with Crippen LogP contribution in [-0.4, -0.2) is 90.3 Å². The lowest BCUT2D eigenvalue weighted by atomic mass is 10.0. The molecule has 35 heavy (non-hydrogen) atoms. The van der Waals surface area contributed by atoms with Gasteiger partial charge in [0, 0.05) is 50.7 Å². The third-order valence-corrected chi connectivity index (χ3v) is 6.90. The van der Waals surface area contributed by atoms with Crippen LogP contribution in [0.2, 0.25) is 0 Å². The highest BCUT2D eigenvalue weighted by Gasteiger charge is 2.28. The SMILES string of the molecule is COc1cc(C(=O)N2CCC(N3CCOCC3)CC2)cnc1Nc1cc(OC)c2c(C)c[nH]c2n1. The van der Waals surface area contributed by atoms with Crippen molar-refractivity contribution in [1.29, 1.82) is 0 Å². The standard InChI is InChI=1S/C25H32N6O4/c1-16-14-26-24-22(16)19(33-2)13-21(29-24)28-23-20(34-3)12-17(15-27-23)25(32)31-6-4-18(5-7-31)30-8-10-35-11-9-30/h12-15,18H,4-11H2,1-3H3,(H2,26,27,28,29). The number of aromatic nitrogens is 3. The van der Waals surface area contributed by atoms with Gasteiger partial charge in [-0.2, -0.15) is 0 Å². The van der Waals surface area contributed by atoms with Crippen LogP contribution in [0.1, 0.15) is 28.8 Å². The van der Waals surface area contributed by atoms with Gasteiger partial charge in [-0.25, -0.2) is 9.97 Å². The number of fused-ring (bicyclic) bond motifs is 1. The van der Waals surface area contributed by atoms with Crippen molar-refractivity contribution >= 4 is 28.6 Å². The number of aryl methyl sites for hydroxylation is 1. The number of pyridine rings is 2. The number of hydrogen-bond donors (Lipinski definition) is 2. The number of piperidine rings is 1. The molecule has 3 aromatic heterocycles. The van der Waals surface area contributed by atoms with Crippen LogP contribution in [0.4, 0.5) is 11.6 Å². The number of nitrogens with zero attached hydrogens (tertiary/aromatic N) is 4. The molecule has 5 heterocycles. The summed E-state index contributed by atoms with van der Waals surface area (Å²) in [5, 5.41) is 4.14. The summed E-state index contributed by atoms with van der Waals surface area (Å²) in [6, 6.07) is 4.08. The molecule has 10 heteroatoms. The molecule has 10 nitrogen and oxygen atoms in total. The Hall–Kier alpha value is -3.37. The van der Waals surface area contributed by atoms with Crippen LogP contribution in [0.3, 0.4) is 0 Å². The van der Waals surface area contributed by atoms with Crippen molar-refractivity contribution in [3.8, 4) is 11.5 Å². The van der Waals surface area contributed by atoms with Gasteiger partial charge in [0.05, 0.1) is 38.4 Å². The number of anilines is 2. The number of amides is 1. The molecule has 5 rings (SSSR count). The minimum absolute atomic E-state index is 0.0224. The van der Waals surface area contributed by atoms with Crippen LogP contribution in [0.25, 0.3) is 11.0 Å². The summed E-state index contributed by atoms with van der Waals surface area (Å²) in [5.41, 5.74) is 2.29. The largest absolute Gasteiger partial charge is 0.496 e. The predicted octanol–water partition coefficient (Wildman–Crippen LogP) is 2.96. The number of hydrogen-bond acceptors (Lipinski definition) is 8. The highest BCUT2D eigenvalue weighted by molar-refractivity contribution is 5.95. The van der Waals surface area contributed by atoms with Crippen LogP contribution in [0.15, 0.2) is 24.5 Å². The van der Waals surface area contributed by atoms with Gasteiger partial charge in [0.2, 0.25) is 0 Å². The molecule has 2 aliphatic rings. The minimum Gasteiger partial charge on any atom is -0.496 e. The number of aromatic amines is 1. The zero-order chi connectivity index (χ0) is 24.4. The van der Waals surface area contributed by atoms with E-state index in [-0.39, 0.29) is 5.91 Å². The van der Waals surface area contributed by atoms with Crippen molar-refractivity contribution in [2.24, 2.45) is 0 Å². The molecular weight excluding hydrogens is 448 g/mol. The summed E-state index contributed by atoms with van der Waals surface area (Å²) >= 11 is 0. The lowest BCUT2D eigenvalue weighted by molar-refractivity contribution is 0.00158. The Kier molecular flexibility index (Phi) is 6.74. The molecule has 1 amide bonds. The molecule has 2 N–H and O–H groups in total. The number of rotatable bonds is 6. The molecule has 2 fully saturated rings. The van der Waals surface area contributed by atoms with Crippen LogP contribution in [-0.2, 0) is 4.74 Å². The van der Waals surface area contributed by atoms with Gasteiger partial charge < -0.3 is 29.4 Å². The molecule has 0 bridgehead atoms. The van der Waals surface area contributed by atoms with E-state index >= 15 is 0 Å².